The molecule has 104 valence electrons. The summed E-state index contributed by atoms with van der Waals surface area (Å²) in [6.45, 7) is 0. The summed E-state index contributed by atoms with van der Waals surface area (Å²) in [4.78, 5) is 17.7. The van der Waals surface area contributed by atoms with Gasteiger partial charge < -0.3 is 15.8 Å². The third kappa shape index (κ3) is 2.86. The molecule has 1 aromatic heterocycles. The maximum atomic E-state index is 10.9. The number of aromatic nitrogens is 2. The van der Waals surface area contributed by atoms with Crippen LogP contribution in [0.3, 0.4) is 0 Å². The molecule has 0 fully saturated rings. The summed E-state index contributed by atoms with van der Waals surface area (Å²) in [6.07, 6.45) is 1.03. The maximum Gasteiger partial charge on any atom is 0.329 e. The molecular formula is C11H10ClN5O3. The average Bonchev–Trinajstić information content (AvgIpc) is 2.38. The molecule has 3 N–H and O–H groups in total. The highest BCUT2D eigenvalue weighted by Gasteiger charge is 2.18. The second-order valence-electron chi connectivity index (χ2n) is 3.69. The highest BCUT2D eigenvalue weighted by molar-refractivity contribution is 6.31. The van der Waals surface area contributed by atoms with E-state index in [1.807, 2.05) is 0 Å². The number of nitrogens with one attached hydrogen (secondary N) is 1. The van der Waals surface area contributed by atoms with Crippen LogP contribution in [0.15, 0.2) is 24.4 Å². The normalized spacial score (nSPS) is 10.1. The van der Waals surface area contributed by atoms with Crippen LogP contribution in [0.5, 0.6) is 5.75 Å². The van der Waals surface area contributed by atoms with Crippen LogP contribution >= 0.6 is 11.6 Å². The van der Waals surface area contributed by atoms with Gasteiger partial charge in [-0.05, 0) is 18.2 Å². The summed E-state index contributed by atoms with van der Waals surface area (Å²) in [6, 6.07) is 4.82. The smallest absolute Gasteiger partial charge is 0.329 e. The predicted molar refractivity (Wildman–Crippen MR) is 74.4 cm³/mol. The fourth-order valence-corrected chi connectivity index (χ4v) is 1.69. The van der Waals surface area contributed by atoms with Crippen LogP contribution in [-0.2, 0) is 0 Å². The Morgan fingerprint density at radius 3 is 2.90 bits per heavy atom. The van der Waals surface area contributed by atoms with Gasteiger partial charge in [0.1, 0.15) is 11.9 Å². The summed E-state index contributed by atoms with van der Waals surface area (Å²) in [7, 11) is 1.47. The molecule has 0 aliphatic heterocycles. The van der Waals surface area contributed by atoms with Gasteiger partial charge in [0.2, 0.25) is 11.8 Å². The van der Waals surface area contributed by atoms with Crippen molar-refractivity contribution in [3.63, 3.8) is 0 Å². The first kappa shape index (κ1) is 13.8. The molecule has 0 amide bonds. The van der Waals surface area contributed by atoms with E-state index >= 15 is 0 Å². The Hall–Kier alpha value is -2.61. The first-order valence-electron chi connectivity index (χ1n) is 5.38. The van der Waals surface area contributed by atoms with Gasteiger partial charge in [-0.3, -0.25) is 10.1 Å². The summed E-state index contributed by atoms with van der Waals surface area (Å²) < 4.78 is 5.14. The molecule has 0 saturated heterocycles. The number of nitrogen functional groups attached to an aromatic ring is 1. The van der Waals surface area contributed by atoms with Crippen molar-refractivity contribution in [1.82, 2.24) is 9.97 Å². The third-order valence-corrected chi connectivity index (χ3v) is 2.63. The van der Waals surface area contributed by atoms with Gasteiger partial charge in [-0.15, -0.1) is 0 Å². The fourth-order valence-electron chi connectivity index (χ4n) is 1.52. The minimum absolute atomic E-state index is 0.0388. The number of methoxy groups -OCH3 is 1. The molecule has 1 heterocycles. The van der Waals surface area contributed by atoms with Crippen molar-refractivity contribution in [2.45, 2.75) is 0 Å². The van der Waals surface area contributed by atoms with E-state index in [4.69, 9.17) is 22.1 Å². The zero-order chi connectivity index (χ0) is 14.7. The van der Waals surface area contributed by atoms with Crippen molar-refractivity contribution in [2.24, 2.45) is 0 Å². The molecular weight excluding hydrogens is 286 g/mol. The second kappa shape index (κ2) is 5.57. The van der Waals surface area contributed by atoms with Gasteiger partial charge in [-0.25, -0.2) is 4.98 Å². The number of hydrogen-bond acceptors (Lipinski definition) is 7. The number of hydrogen-bond donors (Lipinski definition) is 2. The van der Waals surface area contributed by atoms with Gasteiger partial charge in [0.15, 0.2) is 0 Å². The van der Waals surface area contributed by atoms with Gasteiger partial charge in [0.05, 0.1) is 17.7 Å². The van der Waals surface area contributed by atoms with Crippen molar-refractivity contribution >= 4 is 34.7 Å². The number of benzene rings is 1. The molecule has 9 heteroatoms. The summed E-state index contributed by atoms with van der Waals surface area (Å²) in [5, 5.41) is 14.1. The van der Waals surface area contributed by atoms with Crippen LogP contribution in [0.4, 0.5) is 23.1 Å². The first-order chi connectivity index (χ1) is 9.51. The number of rotatable bonds is 4. The molecule has 0 spiro atoms. The van der Waals surface area contributed by atoms with E-state index in [1.165, 1.54) is 7.11 Å². The molecule has 0 bridgehead atoms. The van der Waals surface area contributed by atoms with Crippen LogP contribution < -0.4 is 15.8 Å². The quantitative estimate of drug-likeness (QED) is 0.657. The van der Waals surface area contributed by atoms with Crippen molar-refractivity contribution in [3.05, 3.63) is 39.5 Å². The van der Waals surface area contributed by atoms with Crippen LogP contribution in [0.2, 0.25) is 5.02 Å². The molecule has 2 rings (SSSR count). The van der Waals surface area contributed by atoms with Gasteiger partial charge in [0.25, 0.3) is 0 Å². The predicted octanol–water partition coefficient (Wildman–Crippen LogP) is 2.37. The lowest BCUT2D eigenvalue weighted by molar-refractivity contribution is -0.384. The van der Waals surface area contributed by atoms with E-state index in [0.29, 0.717) is 16.5 Å². The third-order valence-electron chi connectivity index (χ3n) is 2.40. The van der Waals surface area contributed by atoms with Gasteiger partial charge in [-0.2, -0.15) is 4.98 Å². The minimum Gasteiger partial charge on any atom is -0.495 e. The van der Waals surface area contributed by atoms with Crippen molar-refractivity contribution in [1.29, 1.82) is 0 Å². The van der Waals surface area contributed by atoms with E-state index in [2.05, 4.69) is 15.3 Å². The molecule has 0 aliphatic carbocycles. The summed E-state index contributed by atoms with van der Waals surface area (Å²) in [5.41, 5.74) is 5.57. The zero-order valence-electron chi connectivity index (χ0n) is 10.3. The second-order valence-corrected chi connectivity index (χ2v) is 4.13. The van der Waals surface area contributed by atoms with Crippen LogP contribution in [0, 0.1) is 10.1 Å². The lowest BCUT2D eigenvalue weighted by Gasteiger charge is -2.11. The Labute approximate surface area is 118 Å². The SMILES string of the molecule is COc1ccc(Cl)cc1Nc1nc(N)ncc1[N+](=O)[O-]. The van der Waals surface area contributed by atoms with Gasteiger partial charge in [-0.1, -0.05) is 11.6 Å². The Morgan fingerprint density at radius 1 is 1.50 bits per heavy atom. The van der Waals surface area contributed by atoms with E-state index in [-0.39, 0.29) is 17.5 Å². The highest BCUT2D eigenvalue weighted by Crippen LogP contribution is 2.32. The molecule has 1 aromatic carbocycles. The van der Waals surface area contributed by atoms with Crippen molar-refractivity contribution < 1.29 is 9.66 Å². The number of halogens is 1. The number of anilines is 3. The number of ether oxygens (including phenoxy) is 1. The van der Waals surface area contributed by atoms with E-state index in [0.717, 1.165) is 6.20 Å². The number of nitrogens with two attached hydrogens (primary N) is 1. The molecule has 0 unspecified atom stereocenters. The Bertz CT molecular complexity index is 665. The number of nitrogens with zero attached hydrogens (tertiary/aromatic N) is 3. The minimum atomic E-state index is -0.612. The molecule has 0 saturated carbocycles. The van der Waals surface area contributed by atoms with Crippen molar-refractivity contribution in [2.75, 3.05) is 18.2 Å². The summed E-state index contributed by atoms with van der Waals surface area (Å²) in [5.74, 6) is 0.336. The maximum absolute atomic E-state index is 10.9. The van der Waals surface area contributed by atoms with Crippen molar-refractivity contribution in [3.8, 4) is 5.75 Å². The lowest BCUT2D eigenvalue weighted by atomic mass is 10.3. The lowest BCUT2D eigenvalue weighted by Crippen LogP contribution is -2.04. The fraction of sp³-hybridized carbons (Fsp3) is 0.0909. The Morgan fingerprint density at radius 2 is 2.25 bits per heavy atom. The van der Waals surface area contributed by atoms with Crippen LogP contribution in [-0.4, -0.2) is 22.0 Å². The standard InChI is InChI=1S/C11H10ClN5O3/c1-20-9-3-2-6(12)4-7(9)15-10-8(17(18)19)5-14-11(13)16-10/h2-5H,1H3,(H3,13,14,15,16). The Kier molecular flexibility index (Phi) is 3.85. The van der Waals surface area contributed by atoms with Gasteiger partial charge >= 0.3 is 5.69 Å². The molecule has 0 atom stereocenters. The van der Waals surface area contributed by atoms with E-state index in [1.54, 1.807) is 18.2 Å². The largest absolute Gasteiger partial charge is 0.495 e. The average molecular weight is 296 g/mol. The molecule has 8 nitrogen and oxygen atoms in total. The highest BCUT2D eigenvalue weighted by atomic mass is 35.5. The van der Waals surface area contributed by atoms with E-state index < -0.39 is 4.92 Å². The zero-order valence-corrected chi connectivity index (χ0v) is 11.1. The van der Waals surface area contributed by atoms with Crippen LogP contribution in [0.25, 0.3) is 0 Å². The first-order valence-corrected chi connectivity index (χ1v) is 5.76. The monoisotopic (exact) mass is 295 g/mol. The summed E-state index contributed by atoms with van der Waals surface area (Å²) >= 11 is 5.89. The Balaban J connectivity index is 2.46. The molecule has 0 aliphatic rings. The number of nitro groups is 1. The molecule has 2 aromatic rings. The molecule has 20 heavy (non-hydrogen) atoms. The topological polar surface area (TPSA) is 116 Å². The van der Waals surface area contributed by atoms with E-state index in [9.17, 15) is 10.1 Å². The van der Waals surface area contributed by atoms with Gasteiger partial charge in [0, 0.05) is 5.02 Å². The molecule has 0 radical (unpaired) electrons. The van der Waals surface area contributed by atoms with Crippen LogP contribution in [0.1, 0.15) is 0 Å².